The van der Waals surface area contributed by atoms with Crippen molar-refractivity contribution in [1.29, 1.82) is 0 Å². The summed E-state index contributed by atoms with van der Waals surface area (Å²) in [6.45, 7) is 0. The van der Waals surface area contributed by atoms with Gasteiger partial charge in [0.05, 0.1) is 10.9 Å². The lowest BCUT2D eigenvalue weighted by molar-refractivity contribution is 0.949. The molecule has 64 valence electrons. The fourth-order valence-electron chi connectivity index (χ4n) is 1.44. The number of aromatic amines is 1. The van der Waals surface area contributed by atoms with E-state index in [1.165, 1.54) is 0 Å². The minimum Gasteiger partial charge on any atom is -0.258 e. The van der Waals surface area contributed by atoms with Crippen LogP contribution < -0.4 is 0 Å². The van der Waals surface area contributed by atoms with Crippen molar-refractivity contribution >= 4 is 39.1 Å². The van der Waals surface area contributed by atoms with Gasteiger partial charge in [-0.1, -0.05) is 6.07 Å². The molecule has 0 radical (unpaired) electrons. The van der Waals surface area contributed by atoms with E-state index < -0.39 is 0 Å². The maximum Gasteiger partial charge on any atom is 0.179 e. The van der Waals surface area contributed by atoms with Gasteiger partial charge in [0.1, 0.15) is 3.70 Å². The molecule has 0 aliphatic carbocycles. The van der Waals surface area contributed by atoms with Crippen LogP contribution in [0.2, 0.25) is 0 Å². The topological polar surface area (TPSA) is 46.0 Å². The molecular weight excluding hydrogens is 279 g/mol. The van der Waals surface area contributed by atoms with Gasteiger partial charge in [-0.15, -0.1) is 5.10 Å². The Balaban J connectivity index is 2.66. The first-order valence-electron chi connectivity index (χ1n) is 3.83. The Morgan fingerprint density at radius 1 is 1.38 bits per heavy atom. The highest BCUT2D eigenvalue weighted by molar-refractivity contribution is 14.1. The van der Waals surface area contributed by atoms with Crippen molar-refractivity contribution in [1.82, 2.24) is 19.8 Å². The molecule has 0 bridgehead atoms. The summed E-state index contributed by atoms with van der Waals surface area (Å²) in [5.74, 6) is 0. The maximum absolute atomic E-state index is 4.33. The number of nitrogens with zero attached hydrogens (tertiary/aromatic N) is 3. The maximum atomic E-state index is 4.33. The van der Waals surface area contributed by atoms with E-state index in [1.807, 2.05) is 28.9 Å². The highest BCUT2D eigenvalue weighted by atomic mass is 127. The number of pyridine rings is 1. The summed E-state index contributed by atoms with van der Waals surface area (Å²) in [7, 11) is 0. The Labute approximate surface area is 87.1 Å². The van der Waals surface area contributed by atoms with Gasteiger partial charge in [0.15, 0.2) is 5.65 Å². The molecule has 3 rings (SSSR count). The number of rotatable bonds is 0. The van der Waals surface area contributed by atoms with Gasteiger partial charge in [-0.2, -0.15) is 5.10 Å². The number of hydrogen-bond donors (Lipinski definition) is 1. The van der Waals surface area contributed by atoms with E-state index in [-0.39, 0.29) is 0 Å². The van der Waals surface area contributed by atoms with Crippen LogP contribution in [0.25, 0.3) is 16.6 Å². The van der Waals surface area contributed by atoms with Crippen molar-refractivity contribution in [3.8, 4) is 0 Å². The van der Waals surface area contributed by atoms with Gasteiger partial charge >= 0.3 is 0 Å². The van der Waals surface area contributed by atoms with Crippen LogP contribution in [0.5, 0.6) is 0 Å². The molecule has 5 heteroatoms. The molecule has 0 saturated carbocycles. The molecule has 0 atom stereocenters. The molecule has 3 aromatic heterocycles. The third-order valence-corrected chi connectivity index (χ3v) is 2.79. The lowest BCUT2D eigenvalue weighted by atomic mass is 10.3. The van der Waals surface area contributed by atoms with Crippen LogP contribution in [0.3, 0.4) is 0 Å². The quantitative estimate of drug-likeness (QED) is 0.640. The molecule has 0 spiro atoms. The Morgan fingerprint density at radius 3 is 3.23 bits per heavy atom. The van der Waals surface area contributed by atoms with E-state index in [0.717, 1.165) is 20.3 Å². The zero-order chi connectivity index (χ0) is 8.84. The number of H-pyrrole nitrogens is 1. The van der Waals surface area contributed by atoms with Crippen molar-refractivity contribution in [2.24, 2.45) is 0 Å². The van der Waals surface area contributed by atoms with Crippen molar-refractivity contribution in [3.05, 3.63) is 28.1 Å². The standard InChI is InChI=1S/C8H5IN4/c9-7-6-5-3-1-2-4-13(5)12-8(6)11-10-7/h1-4H,(H,11,12). The highest BCUT2D eigenvalue weighted by Crippen LogP contribution is 2.21. The first-order chi connectivity index (χ1) is 6.36. The zero-order valence-electron chi connectivity index (χ0n) is 6.53. The predicted molar refractivity (Wildman–Crippen MR) is 57.6 cm³/mol. The van der Waals surface area contributed by atoms with Crippen molar-refractivity contribution < 1.29 is 0 Å². The Bertz CT molecular complexity index is 580. The summed E-state index contributed by atoms with van der Waals surface area (Å²) in [4.78, 5) is 0. The van der Waals surface area contributed by atoms with Gasteiger partial charge in [0.25, 0.3) is 0 Å². The molecule has 0 aromatic carbocycles. The number of halogens is 1. The lowest BCUT2D eigenvalue weighted by Gasteiger charge is -1.89. The van der Waals surface area contributed by atoms with Crippen LogP contribution in [0.1, 0.15) is 0 Å². The minimum absolute atomic E-state index is 0.843. The molecule has 3 heterocycles. The van der Waals surface area contributed by atoms with Gasteiger partial charge in [-0.3, -0.25) is 5.10 Å². The number of fused-ring (bicyclic) bond motifs is 3. The second kappa shape index (κ2) is 2.44. The monoisotopic (exact) mass is 284 g/mol. The second-order valence-corrected chi connectivity index (χ2v) is 3.79. The van der Waals surface area contributed by atoms with Gasteiger partial charge in [-0.05, 0) is 34.7 Å². The first kappa shape index (κ1) is 7.31. The largest absolute Gasteiger partial charge is 0.258 e. The van der Waals surface area contributed by atoms with Crippen molar-refractivity contribution in [3.63, 3.8) is 0 Å². The van der Waals surface area contributed by atoms with Crippen LogP contribution in [0.4, 0.5) is 0 Å². The summed E-state index contributed by atoms with van der Waals surface area (Å²) in [5, 5.41) is 12.4. The number of aromatic nitrogens is 4. The van der Waals surface area contributed by atoms with E-state index in [9.17, 15) is 0 Å². The van der Waals surface area contributed by atoms with E-state index >= 15 is 0 Å². The van der Waals surface area contributed by atoms with Crippen LogP contribution >= 0.6 is 22.6 Å². The van der Waals surface area contributed by atoms with E-state index in [1.54, 1.807) is 0 Å². The molecular formula is C8H5IN4. The SMILES string of the molecule is Ic1n[nH]c2nn3ccccc3c12. The third-order valence-electron chi connectivity index (χ3n) is 2.01. The predicted octanol–water partition coefficient (Wildman–Crippen LogP) is 1.82. The van der Waals surface area contributed by atoms with Gasteiger partial charge in [0, 0.05) is 6.20 Å². The molecule has 0 aliphatic rings. The van der Waals surface area contributed by atoms with E-state index in [4.69, 9.17) is 0 Å². The molecule has 0 amide bonds. The Hall–Kier alpha value is -1.11. The summed E-state index contributed by atoms with van der Waals surface area (Å²) < 4.78 is 2.82. The Morgan fingerprint density at radius 2 is 2.31 bits per heavy atom. The molecule has 0 aliphatic heterocycles. The average Bonchev–Trinajstić information content (AvgIpc) is 2.66. The number of nitrogens with one attached hydrogen (secondary N) is 1. The lowest BCUT2D eigenvalue weighted by Crippen LogP contribution is -1.85. The normalized spacial score (nSPS) is 11.5. The van der Waals surface area contributed by atoms with Crippen LogP contribution in [0.15, 0.2) is 24.4 Å². The van der Waals surface area contributed by atoms with E-state index in [2.05, 4.69) is 37.9 Å². The molecule has 0 saturated heterocycles. The number of hydrogen-bond acceptors (Lipinski definition) is 2. The van der Waals surface area contributed by atoms with Gasteiger partial charge in [-0.25, -0.2) is 4.52 Å². The molecule has 3 aromatic rings. The Kier molecular flexibility index (Phi) is 1.37. The third kappa shape index (κ3) is 0.902. The fraction of sp³-hybridized carbons (Fsp3) is 0. The van der Waals surface area contributed by atoms with Crippen LogP contribution in [-0.2, 0) is 0 Å². The molecule has 0 fully saturated rings. The van der Waals surface area contributed by atoms with Gasteiger partial charge in [0.2, 0.25) is 0 Å². The first-order valence-corrected chi connectivity index (χ1v) is 4.91. The highest BCUT2D eigenvalue weighted by Gasteiger charge is 2.09. The summed E-state index contributed by atoms with van der Waals surface area (Å²) >= 11 is 2.20. The smallest absolute Gasteiger partial charge is 0.179 e. The minimum atomic E-state index is 0.843. The van der Waals surface area contributed by atoms with Crippen LogP contribution in [-0.4, -0.2) is 19.8 Å². The summed E-state index contributed by atoms with van der Waals surface area (Å²) in [5.41, 5.74) is 1.94. The van der Waals surface area contributed by atoms with Gasteiger partial charge < -0.3 is 0 Å². The molecule has 1 N–H and O–H groups in total. The van der Waals surface area contributed by atoms with Crippen LogP contribution in [0, 0.1) is 3.70 Å². The fourth-order valence-corrected chi connectivity index (χ4v) is 2.09. The average molecular weight is 284 g/mol. The summed E-state index contributed by atoms with van der Waals surface area (Å²) in [6.07, 6.45) is 1.93. The molecule has 0 unspecified atom stereocenters. The van der Waals surface area contributed by atoms with E-state index in [0.29, 0.717) is 0 Å². The van der Waals surface area contributed by atoms with Crippen molar-refractivity contribution in [2.75, 3.05) is 0 Å². The van der Waals surface area contributed by atoms with Crippen molar-refractivity contribution in [2.45, 2.75) is 0 Å². The summed E-state index contributed by atoms with van der Waals surface area (Å²) in [6, 6.07) is 5.99. The zero-order valence-corrected chi connectivity index (χ0v) is 8.69. The second-order valence-electron chi connectivity index (χ2n) is 2.77. The molecule has 13 heavy (non-hydrogen) atoms. The molecule has 4 nitrogen and oxygen atoms in total.